The average molecular weight is 734 g/mol. The molecule has 0 unspecified atom stereocenters. The van der Waals surface area contributed by atoms with Crippen LogP contribution in [-0.4, -0.2) is 15.0 Å². The monoisotopic (exact) mass is 733 g/mol. The number of aromatic nitrogens is 3. The van der Waals surface area contributed by atoms with Crippen LogP contribution in [0.25, 0.3) is 67.5 Å². The lowest BCUT2D eigenvalue weighted by Crippen LogP contribution is -2.33. The molecule has 0 amide bonds. The highest BCUT2D eigenvalue weighted by atomic mass is 15.0. The van der Waals surface area contributed by atoms with Crippen molar-refractivity contribution in [1.29, 1.82) is 0 Å². The van der Waals surface area contributed by atoms with E-state index in [0.717, 1.165) is 22.3 Å². The fourth-order valence-corrected chi connectivity index (χ4v) is 10.3. The molecule has 3 heteroatoms. The molecule has 0 saturated heterocycles. The van der Waals surface area contributed by atoms with Gasteiger partial charge in [-0.05, 0) is 90.4 Å². The maximum Gasteiger partial charge on any atom is 0.164 e. The number of nitrogens with zero attached hydrogens (tertiary/aromatic N) is 3. The molecular formula is C54H43N3. The maximum atomic E-state index is 5.46. The van der Waals surface area contributed by atoms with Gasteiger partial charge in [-0.15, -0.1) is 0 Å². The molecule has 0 saturated carbocycles. The van der Waals surface area contributed by atoms with Gasteiger partial charge in [-0.2, -0.15) is 0 Å². The van der Waals surface area contributed by atoms with E-state index in [9.17, 15) is 0 Å². The van der Waals surface area contributed by atoms with Crippen LogP contribution in [0.4, 0.5) is 0 Å². The van der Waals surface area contributed by atoms with Crippen LogP contribution in [0, 0.1) is 0 Å². The zero-order valence-electron chi connectivity index (χ0n) is 32.8. The predicted molar refractivity (Wildman–Crippen MR) is 233 cm³/mol. The molecule has 0 fully saturated rings. The van der Waals surface area contributed by atoms with E-state index in [1.54, 1.807) is 0 Å². The van der Waals surface area contributed by atoms with Crippen LogP contribution in [0.2, 0.25) is 0 Å². The first-order valence-electron chi connectivity index (χ1n) is 20.3. The number of fused-ring (bicyclic) bond motifs is 11. The third-order valence-corrected chi connectivity index (χ3v) is 13.3. The first-order chi connectivity index (χ1) is 27.8. The Morgan fingerprint density at radius 1 is 0.333 bits per heavy atom. The van der Waals surface area contributed by atoms with Crippen LogP contribution in [0.1, 0.15) is 73.9 Å². The van der Waals surface area contributed by atoms with E-state index in [4.69, 9.17) is 15.0 Å². The molecule has 274 valence electrons. The first-order valence-corrected chi connectivity index (χ1v) is 20.3. The smallest absolute Gasteiger partial charge is 0.164 e. The predicted octanol–water partition coefficient (Wildman–Crippen LogP) is 13.2. The lowest BCUT2D eigenvalue weighted by Gasteiger charge is -2.42. The van der Waals surface area contributed by atoms with Gasteiger partial charge in [-0.25, -0.2) is 15.0 Å². The molecule has 0 aliphatic heterocycles. The van der Waals surface area contributed by atoms with E-state index >= 15 is 0 Å². The zero-order valence-corrected chi connectivity index (χ0v) is 32.8. The average Bonchev–Trinajstić information content (AvgIpc) is 3.73. The molecule has 0 atom stereocenters. The lowest BCUT2D eigenvalue weighted by molar-refractivity contribution is 0.332. The van der Waals surface area contributed by atoms with Gasteiger partial charge < -0.3 is 0 Å². The molecule has 0 bridgehead atoms. The Bertz CT molecular complexity index is 2870. The Kier molecular flexibility index (Phi) is 7.29. The molecule has 1 aromatic heterocycles. The first kappa shape index (κ1) is 33.9. The van der Waals surface area contributed by atoms with Crippen molar-refractivity contribution in [2.24, 2.45) is 0 Å². The number of rotatable bonds is 4. The van der Waals surface area contributed by atoms with E-state index in [-0.39, 0.29) is 10.8 Å². The fraction of sp³-hybridized carbons (Fsp3) is 0.167. The molecule has 0 N–H and O–H groups in total. The third kappa shape index (κ3) is 4.88. The van der Waals surface area contributed by atoms with Crippen molar-refractivity contribution in [2.45, 2.75) is 56.8 Å². The van der Waals surface area contributed by atoms with Gasteiger partial charge in [-0.3, -0.25) is 0 Å². The Hall–Kier alpha value is -6.45. The summed E-state index contributed by atoms with van der Waals surface area (Å²) in [5, 5.41) is 0. The van der Waals surface area contributed by atoms with Gasteiger partial charge in [0.25, 0.3) is 0 Å². The van der Waals surface area contributed by atoms with Crippen molar-refractivity contribution in [1.82, 2.24) is 15.0 Å². The Balaban J connectivity index is 1.15. The normalized spacial score (nSPS) is 16.0. The lowest BCUT2D eigenvalue weighted by atomic mass is 9.63. The van der Waals surface area contributed by atoms with Crippen LogP contribution in [0.3, 0.4) is 0 Å². The van der Waals surface area contributed by atoms with Gasteiger partial charge in [0.05, 0.1) is 5.41 Å². The van der Waals surface area contributed by atoms with Crippen molar-refractivity contribution in [3.05, 3.63) is 197 Å². The largest absolute Gasteiger partial charge is 0.208 e. The summed E-state index contributed by atoms with van der Waals surface area (Å²) in [5.41, 5.74) is 18.2. The van der Waals surface area contributed by atoms with Crippen LogP contribution in [-0.2, 0) is 16.2 Å². The topological polar surface area (TPSA) is 38.7 Å². The second-order valence-corrected chi connectivity index (χ2v) is 17.4. The molecule has 8 aromatic rings. The molecule has 11 rings (SSSR count). The highest BCUT2D eigenvalue weighted by Gasteiger charge is 2.52. The van der Waals surface area contributed by atoms with Crippen LogP contribution < -0.4 is 0 Å². The van der Waals surface area contributed by atoms with Crippen LogP contribution in [0.5, 0.6) is 0 Å². The summed E-state index contributed by atoms with van der Waals surface area (Å²) in [6.45, 7) is 9.56. The summed E-state index contributed by atoms with van der Waals surface area (Å²) in [7, 11) is 0. The minimum Gasteiger partial charge on any atom is -0.208 e. The molecular weight excluding hydrogens is 691 g/mol. The molecule has 3 aliphatic rings. The second-order valence-electron chi connectivity index (χ2n) is 17.4. The van der Waals surface area contributed by atoms with E-state index in [0.29, 0.717) is 17.5 Å². The summed E-state index contributed by atoms with van der Waals surface area (Å²) >= 11 is 0. The Morgan fingerprint density at radius 2 is 0.807 bits per heavy atom. The van der Waals surface area contributed by atoms with Gasteiger partial charge >= 0.3 is 0 Å². The third-order valence-electron chi connectivity index (χ3n) is 13.3. The van der Waals surface area contributed by atoms with Crippen molar-refractivity contribution in [3.8, 4) is 67.5 Å². The summed E-state index contributed by atoms with van der Waals surface area (Å²) < 4.78 is 0. The van der Waals surface area contributed by atoms with Crippen molar-refractivity contribution in [3.63, 3.8) is 0 Å². The summed E-state index contributed by atoms with van der Waals surface area (Å²) in [4.78, 5) is 16.1. The fourth-order valence-electron chi connectivity index (χ4n) is 10.3. The summed E-state index contributed by atoms with van der Waals surface area (Å²) in [5.74, 6) is 2.00. The molecule has 3 aliphatic carbocycles. The Labute approximate surface area is 335 Å². The van der Waals surface area contributed by atoms with E-state index in [2.05, 4.69) is 185 Å². The molecule has 1 spiro atoms. The van der Waals surface area contributed by atoms with Gasteiger partial charge in [-0.1, -0.05) is 191 Å². The molecule has 0 radical (unpaired) electrons. The highest BCUT2D eigenvalue weighted by molar-refractivity contribution is 5.99. The summed E-state index contributed by atoms with van der Waals surface area (Å²) in [6.07, 6.45) is 2.35. The van der Waals surface area contributed by atoms with Gasteiger partial charge in [0, 0.05) is 16.7 Å². The molecule has 3 nitrogen and oxygen atoms in total. The minimum absolute atomic E-state index is 0.0955. The SMILES string of the molecule is CC1(C)CCC(C)(C)c2cc(-c3ccccc3-c3nc(-c4ccccc4)nc(-c4cccc5c4-c4ccccc4C54c5ccccc5-c5ccccc54)n3)ccc21. The van der Waals surface area contributed by atoms with Crippen LogP contribution >= 0.6 is 0 Å². The number of benzene rings is 7. The van der Waals surface area contributed by atoms with Crippen molar-refractivity contribution in [2.75, 3.05) is 0 Å². The van der Waals surface area contributed by atoms with Gasteiger partial charge in [0.2, 0.25) is 0 Å². The van der Waals surface area contributed by atoms with Crippen molar-refractivity contribution >= 4 is 0 Å². The molecule has 1 heterocycles. The Morgan fingerprint density at radius 3 is 1.47 bits per heavy atom. The maximum absolute atomic E-state index is 5.46. The molecule has 7 aromatic carbocycles. The molecule has 57 heavy (non-hydrogen) atoms. The zero-order chi connectivity index (χ0) is 38.5. The quantitative estimate of drug-likeness (QED) is 0.181. The van der Waals surface area contributed by atoms with Gasteiger partial charge in [0.15, 0.2) is 17.5 Å². The highest BCUT2D eigenvalue weighted by Crippen LogP contribution is 2.63. The number of hydrogen-bond acceptors (Lipinski definition) is 3. The van der Waals surface area contributed by atoms with E-state index < -0.39 is 5.41 Å². The second kappa shape index (κ2) is 12.3. The van der Waals surface area contributed by atoms with E-state index in [1.807, 2.05) is 6.07 Å². The van der Waals surface area contributed by atoms with Crippen LogP contribution in [0.15, 0.2) is 164 Å². The number of hydrogen-bond donors (Lipinski definition) is 0. The summed E-state index contributed by atoms with van der Waals surface area (Å²) in [6, 6.07) is 59.6. The standard InChI is InChI=1S/C54H43N3/c1-52(2)31-32-53(3,4)47-33-35(29-30-45(47)52)36-19-8-9-22-39(36)50-55-49(34-17-6-5-7-18-34)56-51(57-50)41-24-16-28-46-48(41)40-23-12-15-27-44(40)54(46)42-25-13-10-20-37(42)38-21-11-14-26-43(38)54/h5-30,33H,31-32H2,1-4H3. The van der Waals surface area contributed by atoms with E-state index in [1.165, 1.54) is 74.0 Å². The van der Waals surface area contributed by atoms with Crippen molar-refractivity contribution < 1.29 is 0 Å². The minimum atomic E-state index is -0.450. The van der Waals surface area contributed by atoms with Gasteiger partial charge in [0.1, 0.15) is 0 Å².